The minimum Gasteiger partial charge on any atom is -0.468 e. The molecule has 1 aromatic heterocycles. The fourth-order valence-electron chi connectivity index (χ4n) is 1.77. The van der Waals surface area contributed by atoms with Crippen LogP contribution in [0.2, 0.25) is 0 Å². The van der Waals surface area contributed by atoms with Gasteiger partial charge < -0.3 is 14.5 Å². The van der Waals surface area contributed by atoms with Crippen molar-refractivity contribution >= 4 is 0 Å². The molecule has 1 aromatic rings. The first kappa shape index (κ1) is 14.2. The Hall–Kier alpha value is -0.840. The van der Waals surface area contributed by atoms with Crippen molar-refractivity contribution in [3.63, 3.8) is 0 Å². The zero-order chi connectivity index (χ0) is 12.7. The van der Waals surface area contributed by atoms with Crippen molar-refractivity contribution in [3.05, 3.63) is 23.7 Å². The van der Waals surface area contributed by atoms with E-state index in [0.29, 0.717) is 6.04 Å². The van der Waals surface area contributed by atoms with Crippen LogP contribution in [0.3, 0.4) is 0 Å². The molecule has 0 aliphatic rings. The van der Waals surface area contributed by atoms with Crippen LogP contribution in [-0.4, -0.2) is 38.3 Å². The van der Waals surface area contributed by atoms with Crippen molar-refractivity contribution in [1.82, 2.24) is 10.2 Å². The van der Waals surface area contributed by atoms with Gasteiger partial charge in [-0.25, -0.2) is 0 Å². The molecule has 0 atom stereocenters. The zero-order valence-corrected chi connectivity index (χ0v) is 11.3. The van der Waals surface area contributed by atoms with E-state index in [4.69, 9.17) is 9.15 Å². The van der Waals surface area contributed by atoms with Gasteiger partial charge in [0.25, 0.3) is 0 Å². The van der Waals surface area contributed by atoms with E-state index >= 15 is 0 Å². The number of nitrogens with zero attached hydrogens (tertiary/aromatic N) is 1. The molecule has 0 spiro atoms. The second-order valence-corrected chi connectivity index (χ2v) is 4.46. The predicted octanol–water partition coefficient (Wildman–Crippen LogP) is 1.86. The van der Waals surface area contributed by atoms with Crippen LogP contribution in [0.4, 0.5) is 0 Å². The van der Waals surface area contributed by atoms with Gasteiger partial charge in [0.1, 0.15) is 5.76 Å². The zero-order valence-electron chi connectivity index (χ0n) is 11.3. The molecule has 0 bridgehead atoms. The van der Waals surface area contributed by atoms with Gasteiger partial charge in [0.05, 0.1) is 19.4 Å². The molecule has 1 rings (SSSR count). The Morgan fingerprint density at radius 3 is 2.82 bits per heavy atom. The summed E-state index contributed by atoms with van der Waals surface area (Å²) >= 11 is 0. The number of nitrogens with one attached hydrogen (secondary N) is 1. The lowest BCUT2D eigenvalue weighted by atomic mass is 10.2. The number of hydrogen-bond donors (Lipinski definition) is 1. The summed E-state index contributed by atoms with van der Waals surface area (Å²) in [6, 6.07) is 2.51. The van der Waals surface area contributed by atoms with E-state index in [-0.39, 0.29) is 0 Å². The van der Waals surface area contributed by atoms with Crippen molar-refractivity contribution in [2.24, 2.45) is 0 Å². The van der Waals surface area contributed by atoms with E-state index < -0.39 is 0 Å². The summed E-state index contributed by atoms with van der Waals surface area (Å²) in [7, 11) is 3.68. The van der Waals surface area contributed by atoms with Gasteiger partial charge in [0.15, 0.2) is 0 Å². The molecule has 0 unspecified atom stereocenters. The van der Waals surface area contributed by atoms with Crippen molar-refractivity contribution in [2.75, 3.05) is 27.3 Å². The highest BCUT2D eigenvalue weighted by atomic mass is 16.5. The summed E-state index contributed by atoms with van der Waals surface area (Å²) in [6.07, 6.45) is 1.76. The van der Waals surface area contributed by atoms with E-state index in [1.807, 2.05) is 13.1 Å². The molecule has 0 aliphatic heterocycles. The lowest BCUT2D eigenvalue weighted by Gasteiger charge is -2.25. The Balaban J connectivity index is 2.61. The molecule has 0 radical (unpaired) electrons. The number of ether oxygens (including phenoxy) is 1. The summed E-state index contributed by atoms with van der Waals surface area (Å²) in [5.74, 6) is 1.05. The first-order chi connectivity index (χ1) is 8.19. The third-order valence-electron chi connectivity index (χ3n) is 2.86. The Morgan fingerprint density at radius 2 is 2.24 bits per heavy atom. The summed E-state index contributed by atoms with van der Waals surface area (Å²) in [4.78, 5) is 2.35. The smallest absolute Gasteiger partial charge is 0.122 e. The maximum Gasteiger partial charge on any atom is 0.122 e. The van der Waals surface area contributed by atoms with Crippen LogP contribution in [0.15, 0.2) is 16.7 Å². The molecule has 0 amide bonds. The number of furan rings is 1. The van der Waals surface area contributed by atoms with Crippen molar-refractivity contribution in [1.29, 1.82) is 0 Å². The molecule has 0 saturated heterocycles. The Labute approximate surface area is 104 Å². The van der Waals surface area contributed by atoms with Gasteiger partial charge in [0, 0.05) is 31.8 Å². The minimum absolute atomic E-state index is 0.484. The lowest BCUT2D eigenvalue weighted by Crippen LogP contribution is -2.33. The van der Waals surface area contributed by atoms with Crippen molar-refractivity contribution in [3.8, 4) is 0 Å². The third-order valence-corrected chi connectivity index (χ3v) is 2.86. The molecular weight excluding hydrogens is 216 g/mol. The number of hydrogen-bond acceptors (Lipinski definition) is 4. The predicted molar refractivity (Wildman–Crippen MR) is 68.9 cm³/mol. The van der Waals surface area contributed by atoms with Crippen LogP contribution < -0.4 is 5.32 Å². The van der Waals surface area contributed by atoms with E-state index in [1.165, 1.54) is 5.56 Å². The van der Waals surface area contributed by atoms with Gasteiger partial charge in [-0.3, -0.25) is 4.90 Å². The minimum atomic E-state index is 0.484. The normalized spacial score (nSPS) is 11.6. The summed E-state index contributed by atoms with van der Waals surface area (Å²) in [6.45, 7) is 7.74. The molecule has 4 heteroatoms. The first-order valence-electron chi connectivity index (χ1n) is 6.11. The molecular formula is C13H24N2O2. The average Bonchev–Trinajstić information content (AvgIpc) is 2.72. The molecule has 0 aromatic carbocycles. The number of methoxy groups -OCH3 is 1. The van der Waals surface area contributed by atoms with Crippen LogP contribution in [0.5, 0.6) is 0 Å². The maximum atomic E-state index is 5.56. The highest BCUT2D eigenvalue weighted by Crippen LogP contribution is 2.14. The van der Waals surface area contributed by atoms with Crippen molar-refractivity contribution < 1.29 is 9.15 Å². The van der Waals surface area contributed by atoms with Crippen LogP contribution >= 0.6 is 0 Å². The standard InChI is InChI=1S/C13H24N2O2/c1-11(2)15(6-8-16-4)10-13-12(9-14-3)5-7-17-13/h5,7,11,14H,6,8-10H2,1-4H3. The van der Waals surface area contributed by atoms with Gasteiger partial charge in [0.2, 0.25) is 0 Å². The van der Waals surface area contributed by atoms with E-state index in [2.05, 4.69) is 24.1 Å². The Morgan fingerprint density at radius 1 is 1.47 bits per heavy atom. The fourth-order valence-corrected chi connectivity index (χ4v) is 1.77. The van der Waals surface area contributed by atoms with Gasteiger partial charge in [-0.15, -0.1) is 0 Å². The number of rotatable bonds is 8. The summed E-state index contributed by atoms with van der Waals surface area (Å²) in [5, 5.41) is 3.15. The second kappa shape index (κ2) is 7.48. The monoisotopic (exact) mass is 240 g/mol. The molecule has 17 heavy (non-hydrogen) atoms. The third kappa shape index (κ3) is 4.50. The van der Waals surface area contributed by atoms with Gasteiger partial charge in [-0.05, 0) is 27.0 Å². The van der Waals surface area contributed by atoms with Gasteiger partial charge in [-0.1, -0.05) is 0 Å². The van der Waals surface area contributed by atoms with Crippen LogP contribution in [0, 0.1) is 0 Å². The molecule has 0 fully saturated rings. The summed E-state index contributed by atoms with van der Waals surface area (Å²) in [5.41, 5.74) is 1.23. The fraction of sp³-hybridized carbons (Fsp3) is 0.692. The van der Waals surface area contributed by atoms with E-state index in [0.717, 1.165) is 32.0 Å². The maximum absolute atomic E-state index is 5.56. The van der Waals surface area contributed by atoms with Gasteiger partial charge >= 0.3 is 0 Å². The van der Waals surface area contributed by atoms with Crippen LogP contribution in [0.1, 0.15) is 25.2 Å². The van der Waals surface area contributed by atoms with E-state index in [1.54, 1.807) is 13.4 Å². The molecule has 0 saturated carbocycles. The highest BCUT2D eigenvalue weighted by Gasteiger charge is 2.14. The largest absolute Gasteiger partial charge is 0.468 e. The van der Waals surface area contributed by atoms with Crippen LogP contribution in [-0.2, 0) is 17.8 Å². The lowest BCUT2D eigenvalue weighted by molar-refractivity contribution is 0.119. The SMILES string of the molecule is CNCc1ccoc1CN(CCOC)C(C)C. The topological polar surface area (TPSA) is 37.6 Å². The average molecular weight is 240 g/mol. The Bertz CT molecular complexity index is 310. The van der Waals surface area contributed by atoms with E-state index in [9.17, 15) is 0 Å². The van der Waals surface area contributed by atoms with Crippen LogP contribution in [0.25, 0.3) is 0 Å². The summed E-state index contributed by atoms with van der Waals surface area (Å²) < 4.78 is 10.7. The Kier molecular flexibility index (Phi) is 6.26. The first-order valence-corrected chi connectivity index (χ1v) is 6.11. The molecule has 0 aliphatic carbocycles. The van der Waals surface area contributed by atoms with Gasteiger partial charge in [-0.2, -0.15) is 0 Å². The quantitative estimate of drug-likeness (QED) is 0.752. The molecule has 1 heterocycles. The van der Waals surface area contributed by atoms with Crippen molar-refractivity contribution in [2.45, 2.75) is 33.0 Å². The molecule has 98 valence electrons. The molecule has 4 nitrogen and oxygen atoms in total. The highest BCUT2D eigenvalue weighted by molar-refractivity contribution is 5.16. The molecule has 1 N–H and O–H groups in total. The second-order valence-electron chi connectivity index (χ2n) is 4.46.